The second kappa shape index (κ2) is 12.0. The van der Waals surface area contributed by atoms with Gasteiger partial charge in [-0.3, -0.25) is 4.57 Å². The van der Waals surface area contributed by atoms with Crippen LogP contribution in [0.25, 0.3) is 89.0 Å². The largest absolute Gasteiger partial charge is 0.309 e. The van der Waals surface area contributed by atoms with Gasteiger partial charge in [0.15, 0.2) is 0 Å². The summed E-state index contributed by atoms with van der Waals surface area (Å²) in [5.74, 6) is 0.919. The van der Waals surface area contributed by atoms with E-state index < -0.39 is 0 Å². The number of hydrogen-bond acceptors (Lipinski definition) is 1. The number of rotatable bonds is 5. The van der Waals surface area contributed by atoms with Crippen LogP contribution in [0.2, 0.25) is 0 Å². The van der Waals surface area contributed by atoms with Crippen molar-refractivity contribution in [3.05, 3.63) is 199 Å². The highest BCUT2D eigenvalue weighted by Crippen LogP contribution is 2.50. The molecule has 1 aliphatic rings. The molecular weight excluding hydrogens is 667 g/mol. The van der Waals surface area contributed by atoms with Gasteiger partial charge in [0.25, 0.3) is 0 Å². The lowest BCUT2D eigenvalue weighted by atomic mass is 9.81. The molecule has 0 radical (unpaired) electrons. The molecule has 1 aliphatic carbocycles. The van der Waals surface area contributed by atoms with Gasteiger partial charge in [-0.25, -0.2) is 4.98 Å². The van der Waals surface area contributed by atoms with Crippen LogP contribution in [0.5, 0.6) is 0 Å². The van der Waals surface area contributed by atoms with Crippen molar-refractivity contribution in [1.29, 1.82) is 0 Å². The molecule has 0 unspecified atom stereocenters. The third-order valence-corrected chi connectivity index (χ3v) is 11.7. The van der Waals surface area contributed by atoms with Crippen molar-refractivity contribution < 1.29 is 0 Å². The van der Waals surface area contributed by atoms with Crippen LogP contribution in [-0.4, -0.2) is 14.1 Å². The number of fused-ring (bicyclic) bond motifs is 7. The Morgan fingerprint density at radius 3 is 1.73 bits per heavy atom. The zero-order chi connectivity index (χ0) is 36.7. The Hall–Kier alpha value is -6.97. The molecule has 11 rings (SSSR count). The lowest BCUT2D eigenvalue weighted by Gasteiger charge is -2.22. The summed E-state index contributed by atoms with van der Waals surface area (Å²) in [4.78, 5) is 5.32. The minimum absolute atomic E-state index is 0.0969. The molecule has 2 heterocycles. The number of hydrogen-bond donors (Lipinski definition) is 0. The van der Waals surface area contributed by atoms with Crippen molar-refractivity contribution in [2.45, 2.75) is 19.3 Å². The fourth-order valence-electron chi connectivity index (χ4n) is 9.06. The van der Waals surface area contributed by atoms with Crippen LogP contribution in [0.15, 0.2) is 188 Å². The van der Waals surface area contributed by atoms with Gasteiger partial charge in [-0.1, -0.05) is 129 Å². The van der Waals surface area contributed by atoms with E-state index in [1.165, 1.54) is 49.6 Å². The zero-order valence-electron chi connectivity index (χ0n) is 30.7. The minimum atomic E-state index is -0.0969. The molecule has 0 amide bonds. The fraction of sp³-hybridized carbons (Fsp3) is 0.0577. The van der Waals surface area contributed by atoms with Gasteiger partial charge in [0, 0.05) is 33.1 Å². The van der Waals surface area contributed by atoms with Crippen LogP contribution in [0.4, 0.5) is 0 Å². The molecule has 8 aromatic carbocycles. The molecule has 0 atom stereocenters. The van der Waals surface area contributed by atoms with Crippen molar-refractivity contribution in [1.82, 2.24) is 14.1 Å². The molecule has 3 heteroatoms. The summed E-state index contributed by atoms with van der Waals surface area (Å²) in [5, 5.41) is 2.52. The second-order valence-corrected chi connectivity index (χ2v) is 15.2. The van der Waals surface area contributed by atoms with Gasteiger partial charge in [-0.2, -0.15) is 0 Å². The van der Waals surface area contributed by atoms with Crippen molar-refractivity contribution in [2.75, 3.05) is 0 Å². The Morgan fingerprint density at radius 2 is 0.964 bits per heavy atom. The number of nitrogens with zero attached hydrogens (tertiary/aromatic N) is 3. The van der Waals surface area contributed by atoms with E-state index in [2.05, 4.69) is 211 Å². The molecule has 0 saturated heterocycles. The molecule has 0 N–H and O–H groups in total. The van der Waals surface area contributed by atoms with Gasteiger partial charge in [0.1, 0.15) is 5.82 Å². The van der Waals surface area contributed by atoms with E-state index in [4.69, 9.17) is 4.98 Å². The molecule has 0 fully saturated rings. The number of benzene rings is 8. The number of imidazole rings is 1. The predicted molar refractivity (Wildman–Crippen MR) is 229 cm³/mol. The average Bonchev–Trinajstić information content (AvgIpc) is 3.87. The molecule has 0 saturated carbocycles. The third-order valence-electron chi connectivity index (χ3n) is 11.7. The first-order valence-corrected chi connectivity index (χ1v) is 19.1. The zero-order valence-corrected chi connectivity index (χ0v) is 30.7. The monoisotopic (exact) mass is 703 g/mol. The summed E-state index contributed by atoms with van der Waals surface area (Å²) in [7, 11) is 0. The molecule has 0 bridgehead atoms. The summed E-state index contributed by atoms with van der Waals surface area (Å²) < 4.78 is 4.70. The van der Waals surface area contributed by atoms with E-state index in [1.54, 1.807) is 0 Å². The Kier molecular flexibility index (Phi) is 6.90. The number of para-hydroxylation sites is 5. The highest BCUT2D eigenvalue weighted by atomic mass is 15.1. The van der Waals surface area contributed by atoms with Gasteiger partial charge in [-0.15, -0.1) is 0 Å². The Balaban J connectivity index is 1.15. The first kappa shape index (κ1) is 31.5. The molecule has 2 aromatic heterocycles. The molecule has 3 nitrogen and oxygen atoms in total. The highest BCUT2D eigenvalue weighted by Gasteiger charge is 2.35. The fourth-order valence-corrected chi connectivity index (χ4v) is 9.06. The van der Waals surface area contributed by atoms with Crippen molar-refractivity contribution >= 4 is 32.8 Å². The van der Waals surface area contributed by atoms with Gasteiger partial charge in [0.2, 0.25) is 0 Å². The highest BCUT2D eigenvalue weighted by molar-refractivity contribution is 6.09. The van der Waals surface area contributed by atoms with E-state index >= 15 is 0 Å². The summed E-state index contributed by atoms with van der Waals surface area (Å²) in [5.41, 5.74) is 17.7. The van der Waals surface area contributed by atoms with E-state index in [0.717, 1.165) is 50.5 Å². The minimum Gasteiger partial charge on any atom is -0.309 e. The first-order chi connectivity index (χ1) is 27.0. The van der Waals surface area contributed by atoms with Crippen molar-refractivity contribution in [3.63, 3.8) is 0 Å². The van der Waals surface area contributed by atoms with Gasteiger partial charge >= 0.3 is 0 Å². The summed E-state index contributed by atoms with van der Waals surface area (Å²) in [6.07, 6.45) is 0. The Bertz CT molecular complexity index is 3070. The maximum absolute atomic E-state index is 5.32. The number of aromatic nitrogens is 3. The van der Waals surface area contributed by atoms with Crippen LogP contribution in [0.3, 0.4) is 0 Å². The summed E-state index contributed by atoms with van der Waals surface area (Å²) in [6.45, 7) is 4.71. The lowest BCUT2D eigenvalue weighted by Crippen LogP contribution is -2.14. The molecule has 260 valence electrons. The Morgan fingerprint density at radius 1 is 0.382 bits per heavy atom. The normalized spacial score (nSPS) is 13.1. The van der Waals surface area contributed by atoms with Crippen molar-refractivity contribution in [3.8, 4) is 56.1 Å². The molecular formula is C52H37N3. The first-order valence-electron chi connectivity index (χ1n) is 19.1. The van der Waals surface area contributed by atoms with Gasteiger partial charge in [-0.05, 0) is 117 Å². The van der Waals surface area contributed by atoms with Crippen LogP contribution in [0, 0.1) is 0 Å². The maximum Gasteiger partial charge on any atom is 0.145 e. The molecule has 0 aliphatic heterocycles. The standard InChI is InChI=1S/C52H37N3/c1-52(2)45-22-9-6-19-41(45)42-28-27-35(33-46(42)52)37-29-36(30-38(31-37)51-53-47-23-10-13-26-50(47)55(51)39-16-4-3-5-17-39)34-15-14-18-40(32-34)54-48-24-11-7-20-43(48)44-21-8-12-25-49(44)54/h3-33H,1-2H3. The van der Waals surface area contributed by atoms with Crippen LogP contribution in [0.1, 0.15) is 25.0 Å². The quantitative estimate of drug-likeness (QED) is 0.175. The van der Waals surface area contributed by atoms with E-state index in [9.17, 15) is 0 Å². The lowest BCUT2D eigenvalue weighted by molar-refractivity contribution is 0.660. The van der Waals surface area contributed by atoms with Gasteiger partial charge in [0.05, 0.1) is 22.1 Å². The summed E-state index contributed by atoms with van der Waals surface area (Å²) >= 11 is 0. The predicted octanol–water partition coefficient (Wildman–Crippen LogP) is 13.4. The SMILES string of the molecule is CC1(C)c2ccccc2-c2ccc(-c3cc(-c4cccc(-n5c6ccccc6c6ccccc65)c4)cc(-c4nc5ccccc5n4-c4ccccc4)c3)cc21. The van der Waals surface area contributed by atoms with E-state index in [-0.39, 0.29) is 5.41 Å². The van der Waals surface area contributed by atoms with Crippen LogP contribution < -0.4 is 0 Å². The summed E-state index contributed by atoms with van der Waals surface area (Å²) in [6, 6.07) is 68.4. The van der Waals surface area contributed by atoms with Crippen molar-refractivity contribution in [2.24, 2.45) is 0 Å². The Labute approximate surface area is 320 Å². The average molecular weight is 704 g/mol. The van der Waals surface area contributed by atoms with Crippen LogP contribution >= 0.6 is 0 Å². The van der Waals surface area contributed by atoms with Crippen LogP contribution in [-0.2, 0) is 5.41 Å². The third kappa shape index (κ3) is 4.86. The molecule has 55 heavy (non-hydrogen) atoms. The maximum atomic E-state index is 5.32. The molecule has 0 spiro atoms. The second-order valence-electron chi connectivity index (χ2n) is 15.2. The van der Waals surface area contributed by atoms with E-state index in [0.29, 0.717) is 0 Å². The van der Waals surface area contributed by atoms with E-state index in [1.807, 2.05) is 0 Å². The topological polar surface area (TPSA) is 22.8 Å². The molecule has 10 aromatic rings. The smallest absolute Gasteiger partial charge is 0.145 e. The van der Waals surface area contributed by atoms with Gasteiger partial charge < -0.3 is 4.57 Å².